The molecular weight excluding hydrogens is 234 g/mol. The van der Waals surface area contributed by atoms with Crippen LogP contribution < -0.4 is 5.73 Å². The second kappa shape index (κ2) is 5.82. The fourth-order valence-electron chi connectivity index (χ4n) is 2.39. The van der Waals surface area contributed by atoms with Gasteiger partial charge in [0.05, 0.1) is 6.04 Å². The van der Waals surface area contributed by atoms with Crippen LogP contribution in [-0.4, -0.2) is 31.5 Å². The van der Waals surface area contributed by atoms with E-state index >= 15 is 0 Å². The van der Waals surface area contributed by atoms with Crippen molar-refractivity contribution in [3.8, 4) is 0 Å². The van der Waals surface area contributed by atoms with E-state index in [-0.39, 0.29) is 6.04 Å². The molecule has 0 spiro atoms. The molecule has 1 saturated carbocycles. The van der Waals surface area contributed by atoms with Crippen molar-refractivity contribution < 1.29 is 0 Å². The lowest BCUT2D eigenvalue weighted by atomic mass is 10.2. The average Bonchev–Trinajstić information content (AvgIpc) is 2.84. The van der Waals surface area contributed by atoms with E-state index in [0.29, 0.717) is 11.3 Å². The summed E-state index contributed by atoms with van der Waals surface area (Å²) in [5, 5.41) is 13.5. The summed E-state index contributed by atoms with van der Waals surface area (Å²) in [5.41, 5.74) is 5.81. The molecule has 0 saturated heterocycles. The van der Waals surface area contributed by atoms with Gasteiger partial charge in [-0.2, -0.15) is 0 Å². The van der Waals surface area contributed by atoms with Gasteiger partial charge in [-0.25, -0.2) is 4.68 Å². The normalized spacial score (nSPS) is 20.6. The van der Waals surface area contributed by atoms with E-state index in [4.69, 9.17) is 5.73 Å². The van der Waals surface area contributed by atoms with Crippen molar-refractivity contribution in [3.63, 3.8) is 0 Å². The molecule has 0 amide bonds. The standard InChI is InChI=1S/C11H21N5S/c1-8(12)7-9(2)17-11-13-14-15-16(11)10-5-3-4-6-10/h8-10H,3-7,12H2,1-2H3. The fourth-order valence-corrected chi connectivity index (χ4v) is 3.53. The SMILES string of the molecule is CC(N)CC(C)Sc1nnnn1C1CCCC1. The molecule has 1 aliphatic rings. The van der Waals surface area contributed by atoms with Gasteiger partial charge in [0.1, 0.15) is 0 Å². The zero-order chi connectivity index (χ0) is 12.3. The van der Waals surface area contributed by atoms with Gasteiger partial charge in [-0.05, 0) is 36.6 Å². The first kappa shape index (κ1) is 12.8. The van der Waals surface area contributed by atoms with E-state index < -0.39 is 0 Å². The maximum Gasteiger partial charge on any atom is 0.209 e. The summed E-state index contributed by atoms with van der Waals surface area (Å²) in [4.78, 5) is 0. The Labute approximate surface area is 107 Å². The predicted octanol–water partition coefficient (Wildman–Crippen LogP) is 2.01. The third-order valence-electron chi connectivity index (χ3n) is 3.14. The van der Waals surface area contributed by atoms with Gasteiger partial charge in [-0.15, -0.1) is 5.10 Å². The van der Waals surface area contributed by atoms with Gasteiger partial charge in [-0.1, -0.05) is 31.5 Å². The number of thioether (sulfide) groups is 1. The number of rotatable bonds is 5. The Hall–Kier alpha value is -0.620. The van der Waals surface area contributed by atoms with Crippen molar-refractivity contribution in [1.29, 1.82) is 0 Å². The van der Waals surface area contributed by atoms with Crippen molar-refractivity contribution in [2.24, 2.45) is 5.73 Å². The lowest BCUT2D eigenvalue weighted by Crippen LogP contribution is -2.20. The number of hydrogen-bond donors (Lipinski definition) is 1. The molecule has 2 N–H and O–H groups in total. The lowest BCUT2D eigenvalue weighted by Gasteiger charge is -2.15. The Bertz CT molecular complexity index is 345. The lowest BCUT2D eigenvalue weighted by molar-refractivity contribution is 0.422. The average molecular weight is 255 g/mol. The first-order valence-electron chi connectivity index (χ1n) is 6.37. The Morgan fingerprint density at radius 3 is 2.76 bits per heavy atom. The van der Waals surface area contributed by atoms with E-state index in [0.717, 1.165) is 11.6 Å². The van der Waals surface area contributed by atoms with Crippen LogP contribution in [0.4, 0.5) is 0 Å². The number of tetrazole rings is 1. The molecule has 6 heteroatoms. The largest absolute Gasteiger partial charge is 0.328 e. The minimum atomic E-state index is 0.230. The highest BCUT2D eigenvalue weighted by atomic mass is 32.2. The predicted molar refractivity (Wildman–Crippen MR) is 68.9 cm³/mol. The van der Waals surface area contributed by atoms with E-state index in [1.54, 1.807) is 11.8 Å². The van der Waals surface area contributed by atoms with Crippen molar-refractivity contribution >= 4 is 11.8 Å². The molecule has 1 aromatic rings. The smallest absolute Gasteiger partial charge is 0.209 e. The molecule has 0 aliphatic heterocycles. The summed E-state index contributed by atoms with van der Waals surface area (Å²) in [6.45, 7) is 4.22. The van der Waals surface area contributed by atoms with Gasteiger partial charge in [0.15, 0.2) is 0 Å². The van der Waals surface area contributed by atoms with Gasteiger partial charge in [0.25, 0.3) is 0 Å². The molecule has 0 bridgehead atoms. The Morgan fingerprint density at radius 1 is 1.41 bits per heavy atom. The second-order valence-corrected chi connectivity index (χ2v) is 6.39. The number of nitrogens with zero attached hydrogens (tertiary/aromatic N) is 4. The highest BCUT2D eigenvalue weighted by Gasteiger charge is 2.22. The van der Waals surface area contributed by atoms with Crippen LogP contribution in [0.5, 0.6) is 0 Å². The van der Waals surface area contributed by atoms with Crippen LogP contribution in [-0.2, 0) is 0 Å². The molecule has 0 radical (unpaired) electrons. The summed E-state index contributed by atoms with van der Waals surface area (Å²) in [6.07, 6.45) is 6.00. The Balaban J connectivity index is 1.98. The molecule has 2 unspecified atom stereocenters. The van der Waals surface area contributed by atoms with Crippen LogP contribution in [0.3, 0.4) is 0 Å². The minimum Gasteiger partial charge on any atom is -0.328 e. The quantitative estimate of drug-likeness (QED) is 0.815. The van der Waals surface area contributed by atoms with Gasteiger partial charge in [0, 0.05) is 11.3 Å². The van der Waals surface area contributed by atoms with Crippen LogP contribution in [0.1, 0.15) is 52.0 Å². The number of hydrogen-bond acceptors (Lipinski definition) is 5. The minimum absolute atomic E-state index is 0.230. The molecule has 17 heavy (non-hydrogen) atoms. The van der Waals surface area contributed by atoms with Gasteiger partial charge in [-0.3, -0.25) is 0 Å². The van der Waals surface area contributed by atoms with Crippen molar-refractivity contribution in [2.75, 3.05) is 0 Å². The molecule has 96 valence electrons. The molecule has 1 fully saturated rings. The highest BCUT2D eigenvalue weighted by molar-refractivity contribution is 7.99. The second-order valence-electron chi connectivity index (χ2n) is 4.99. The fraction of sp³-hybridized carbons (Fsp3) is 0.909. The summed E-state index contributed by atoms with van der Waals surface area (Å²) in [6, 6.07) is 0.739. The first-order valence-corrected chi connectivity index (χ1v) is 7.25. The molecule has 5 nitrogen and oxygen atoms in total. The monoisotopic (exact) mass is 255 g/mol. The molecule has 1 aromatic heterocycles. The maximum absolute atomic E-state index is 5.81. The number of aromatic nitrogens is 4. The van der Waals surface area contributed by atoms with Crippen molar-refractivity contribution in [1.82, 2.24) is 20.2 Å². The molecule has 1 heterocycles. The van der Waals surface area contributed by atoms with E-state index in [2.05, 4.69) is 22.4 Å². The van der Waals surface area contributed by atoms with Crippen LogP contribution in [0.2, 0.25) is 0 Å². The van der Waals surface area contributed by atoms with Crippen LogP contribution >= 0.6 is 11.8 Å². The van der Waals surface area contributed by atoms with E-state index in [1.807, 2.05) is 11.6 Å². The van der Waals surface area contributed by atoms with E-state index in [9.17, 15) is 0 Å². The number of nitrogens with two attached hydrogens (primary N) is 1. The van der Waals surface area contributed by atoms with Crippen LogP contribution in [0, 0.1) is 0 Å². The maximum atomic E-state index is 5.81. The summed E-state index contributed by atoms with van der Waals surface area (Å²) in [5.74, 6) is 0. The molecular formula is C11H21N5S. The third-order valence-corrected chi connectivity index (χ3v) is 4.22. The molecule has 2 rings (SSSR count). The highest BCUT2D eigenvalue weighted by Crippen LogP contribution is 2.32. The summed E-state index contributed by atoms with van der Waals surface area (Å²) < 4.78 is 2.01. The summed E-state index contributed by atoms with van der Waals surface area (Å²) >= 11 is 1.74. The Morgan fingerprint density at radius 2 is 2.12 bits per heavy atom. The van der Waals surface area contributed by atoms with Crippen molar-refractivity contribution in [2.45, 2.75) is 68.4 Å². The summed E-state index contributed by atoms with van der Waals surface area (Å²) in [7, 11) is 0. The van der Waals surface area contributed by atoms with Crippen LogP contribution in [0.25, 0.3) is 0 Å². The van der Waals surface area contributed by atoms with Gasteiger partial charge in [0.2, 0.25) is 5.16 Å². The molecule has 2 atom stereocenters. The molecule has 1 aliphatic carbocycles. The van der Waals surface area contributed by atoms with Crippen LogP contribution in [0.15, 0.2) is 5.16 Å². The van der Waals surface area contributed by atoms with Gasteiger partial charge >= 0.3 is 0 Å². The van der Waals surface area contributed by atoms with Gasteiger partial charge < -0.3 is 5.73 Å². The first-order chi connectivity index (χ1) is 8.16. The topological polar surface area (TPSA) is 69.6 Å². The zero-order valence-electron chi connectivity index (χ0n) is 10.5. The molecule has 0 aromatic carbocycles. The van der Waals surface area contributed by atoms with Crippen molar-refractivity contribution in [3.05, 3.63) is 0 Å². The van der Waals surface area contributed by atoms with E-state index in [1.165, 1.54) is 25.7 Å². The third kappa shape index (κ3) is 3.42. The Kier molecular flexibility index (Phi) is 4.39. The zero-order valence-corrected chi connectivity index (χ0v) is 11.4.